The number of carbonyl (C=O) groups is 1. The van der Waals surface area contributed by atoms with Crippen molar-refractivity contribution in [3.8, 4) is 0 Å². The van der Waals surface area contributed by atoms with E-state index in [0.717, 1.165) is 44.9 Å². The summed E-state index contributed by atoms with van der Waals surface area (Å²) >= 11 is 0. The van der Waals surface area contributed by atoms with E-state index < -0.39 is 86.8 Å². The van der Waals surface area contributed by atoms with E-state index in [0.29, 0.717) is 12.8 Å². The highest BCUT2D eigenvalue weighted by Gasteiger charge is 2.50. The lowest BCUT2D eigenvalue weighted by Gasteiger charge is -2.46. The number of carbonyl (C=O) groups excluding carboxylic acids is 1. The van der Waals surface area contributed by atoms with Crippen LogP contribution in [0.1, 0.15) is 123 Å². The van der Waals surface area contributed by atoms with Crippen molar-refractivity contribution in [3.05, 3.63) is 36.5 Å². The van der Waals surface area contributed by atoms with E-state index in [-0.39, 0.29) is 18.9 Å². The van der Waals surface area contributed by atoms with E-state index in [4.69, 9.17) is 18.9 Å². The second-order valence-corrected chi connectivity index (χ2v) is 14.7. The van der Waals surface area contributed by atoms with Crippen LogP contribution >= 0.6 is 0 Å². The fraction of sp³-hybridized carbons (Fsp3) is 0.829. The number of amides is 1. The summed E-state index contributed by atoms with van der Waals surface area (Å²) < 4.78 is 22.5. The highest BCUT2D eigenvalue weighted by molar-refractivity contribution is 5.76. The number of allylic oxidation sites excluding steroid dienone is 5. The van der Waals surface area contributed by atoms with Crippen LogP contribution in [0.2, 0.25) is 0 Å². The topological polar surface area (TPSA) is 228 Å². The minimum absolute atomic E-state index is 0.263. The van der Waals surface area contributed by atoms with Crippen molar-refractivity contribution in [1.29, 1.82) is 0 Å². The highest BCUT2D eigenvalue weighted by atomic mass is 16.7. The van der Waals surface area contributed by atoms with Crippen LogP contribution in [-0.4, -0.2) is 140 Å². The molecule has 0 aromatic carbocycles. The van der Waals surface area contributed by atoms with Crippen molar-refractivity contribution in [2.24, 2.45) is 0 Å². The molecular weight excluding hydrogens is 714 g/mol. The van der Waals surface area contributed by atoms with Gasteiger partial charge in [-0.25, -0.2) is 0 Å². The molecule has 2 fully saturated rings. The Morgan fingerprint density at radius 3 is 1.78 bits per heavy atom. The van der Waals surface area contributed by atoms with Crippen molar-refractivity contribution < 1.29 is 64.6 Å². The second kappa shape index (κ2) is 29.4. The Kier molecular flexibility index (Phi) is 26.4. The molecule has 2 saturated heterocycles. The van der Waals surface area contributed by atoms with Gasteiger partial charge < -0.3 is 65.1 Å². The molecule has 2 rings (SSSR count). The first-order valence-corrected chi connectivity index (χ1v) is 20.7. The number of nitrogens with one attached hydrogen (secondary N) is 1. The van der Waals surface area contributed by atoms with Crippen molar-refractivity contribution in [3.63, 3.8) is 0 Å². The van der Waals surface area contributed by atoms with Gasteiger partial charge in [0.1, 0.15) is 48.8 Å². The molecule has 12 unspecified atom stereocenters. The van der Waals surface area contributed by atoms with E-state index in [1.54, 1.807) is 6.08 Å². The maximum atomic E-state index is 13.0. The molecule has 0 spiro atoms. The molecule has 0 aromatic rings. The molecule has 0 bridgehead atoms. The lowest BCUT2D eigenvalue weighted by molar-refractivity contribution is -0.359. The molecule has 12 atom stereocenters. The molecule has 14 heteroatoms. The van der Waals surface area contributed by atoms with Gasteiger partial charge >= 0.3 is 0 Å². The quantitative estimate of drug-likeness (QED) is 0.0393. The molecule has 0 radical (unpaired) electrons. The smallest absolute Gasteiger partial charge is 0.220 e. The normalized spacial score (nSPS) is 30.1. The van der Waals surface area contributed by atoms with Crippen molar-refractivity contribution in [2.75, 3.05) is 19.8 Å². The SMILES string of the molecule is CCCCC/C=C/CC/C=C/CC/C=C/C(O)C(COC1OC(CO)C(OC2OC(CO)C(O)C(O)C2O)C(O)C1O)NC(=O)CCCCCCCCCC. The van der Waals surface area contributed by atoms with E-state index >= 15 is 0 Å². The molecule has 9 N–H and O–H groups in total. The Morgan fingerprint density at radius 1 is 0.636 bits per heavy atom. The first kappa shape index (κ1) is 49.4. The van der Waals surface area contributed by atoms with Gasteiger partial charge in [-0.2, -0.15) is 0 Å². The van der Waals surface area contributed by atoms with Gasteiger partial charge in [-0.3, -0.25) is 4.79 Å². The Bertz CT molecular complexity index is 1070. The summed E-state index contributed by atoms with van der Waals surface area (Å²) in [7, 11) is 0. The van der Waals surface area contributed by atoms with Gasteiger partial charge in [-0.05, 0) is 44.9 Å². The van der Waals surface area contributed by atoms with Gasteiger partial charge in [0.25, 0.3) is 0 Å². The third-order valence-corrected chi connectivity index (χ3v) is 10.1. The second-order valence-electron chi connectivity index (χ2n) is 14.7. The Balaban J connectivity index is 1.97. The zero-order valence-corrected chi connectivity index (χ0v) is 33.2. The van der Waals surface area contributed by atoms with Crippen molar-refractivity contribution in [2.45, 2.75) is 197 Å². The summed E-state index contributed by atoms with van der Waals surface area (Å²) in [6.07, 6.45) is 12.2. The lowest BCUT2D eigenvalue weighted by Crippen LogP contribution is -2.65. The fourth-order valence-corrected chi connectivity index (χ4v) is 6.55. The van der Waals surface area contributed by atoms with Crippen LogP contribution in [0.15, 0.2) is 36.5 Å². The average Bonchev–Trinajstić information content (AvgIpc) is 3.18. The summed E-state index contributed by atoms with van der Waals surface area (Å²) in [5.74, 6) is -0.263. The fourth-order valence-electron chi connectivity index (χ4n) is 6.55. The molecule has 1 amide bonds. The average molecular weight is 788 g/mol. The van der Waals surface area contributed by atoms with E-state index in [1.165, 1.54) is 44.9 Å². The molecule has 320 valence electrons. The highest BCUT2D eigenvalue weighted by Crippen LogP contribution is 2.29. The van der Waals surface area contributed by atoms with Gasteiger partial charge in [0.2, 0.25) is 5.91 Å². The number of hydrogen-bond donors (Lipinski definition) is 9. The predicted octanol–water partition coefficient (Wildman–Crippen LogP) is 2.81. The van der Waals surface area contributed by atoms with Crippen LogP contribution in [0.3, 0.4) is 0 Å². The van der Waals surface area contributed by atoms with Crippen LogP contribution in [0.5, 0.6) is 0 Å². The van der Waals surface area contributed by atoms with E-state index in [1.807, 2.05) is 6.08 Å². The Hall–Kier alpha value is -1.79. The molecule has 0 saturated carbocycles. The van der Waals surface area contributed by atoms with Gasteiger partial charge in [0.15, 0.2) is 12.6 Å². The van der Waals surface area contributed by atoms with Crippen LogP contribution in [0.25, 0.3) is 0 Å². The number of hydrogen-bond acceptors (Lipinski definition) is 13. The van der Waals surface area contributed by atoms with E-state index in [9.17, 15) is 45.6 Å². The van der Waals surface area contributed by atoms with Gasteiger partial charge in [-0.15, -0.1) is 0 Å². The van der Waals surface area contributed by atoms with Crippen LogP contribution in [0, 0.1) is 0 Å². The number of unbranched alkanes of at least 4 members (excludes halogenated alkanes) is 12. The van der Waals surface area contributed by atoms with Gasteiger partial charge in [-0.1, -0.05) is 108 Å². The molecule has 55 heavy (non-hydrogen) atoms. The molecule has 0 aromatic heterocycles. The maximum Gasteiger partial charge on any atom is 0.220 e. The molecule has 14 nitrogen and oxygen atoms in total. The molecule has 2 aliphatic heterocycles. The molecular formula is C41H73NO13. The van der Waals surface area contributed by atoms with Crippen LogP contribution < -0.4 is 5.32 Å². The third kappa shape index (κ3) is 18.6. The zero-order valence-electron chi connectivity index (χ0n) is 33.2. The Labute approximate surface area is 328 Å². The first-order valence-electron chi connectivity index (χ1n) is 20.7. The minimum Gasteiger partial charge on any atom is -0.394 e. The van der Waals surface area contributed by atoms with Gasteiger partial charge in [0, 0.05) is 6.42 Å². The van der Waals surface area contributed by atoms with Gasteiger partial charge in [0.05, 0.1) is 32.0 Å². The number of rotatable bonds is 29. The monoisotopic (exact) mass is 788 g/mol. The van der Waals surface area contributed by atoms with Crippen LogP contribution in [-0.2, 0) is 23.7 Å². The molecule has 0 aliphatic carbocycles. The predicted molar refractivity (Wildman–Crippen MR) is 208 cm³/mol. The molecule has 2 aliphatic rings. The van der Waals surface area contributed by atoms with Crippen LogP contribution in [0.4, 0.5) is 0 Å². The summed E-state index contributed by atoms with van der Waals surface area (Å²) in [4.78, 5) is 13.0. The summed E-state index contributed by atoms with van der Waals surface area (Å²) in [5.41, 5.74) is 0. The minimum atomic E-state index is -1.79. The largest absolute Gasteiger partial charge is 0.394 e. The zero-order chi connectivity index (χ0) is 40.4. The van der Waals surface area contributed by atoms with Crippen molar-refractivity contribution in [1.82, 2.24) is 5.32 Å². The lowest BCUT2D eigenvalue weighted by atomic mass is 9.97. The van der Waals surface area contributed by atoms with Crippen molar-refractivity contribution >= 4 is 5.91 Å². The van der Waals surface area contributed by atoms with E-state index in [2.05, 4.69) is 43.5 Å². The summed E-state index contributed by atoms with van der Waals surface area (Å²) in [5, 5.41) is 86.0. The standard InChI is InChI=1S/C41H73NO13/c1-3-5-7-9-11-13-14-15-16-17-18-20-22-24-30(45)29(42-33(46)25-23-21-19-12-10-8-6-4-2)28-52-40-38(51)36(49)39(32(27-44)54-40)55-41-37(50)35(48)34(47)31(26-43)53-41/h11,13,16-17,22,24,29-32,34-41,43-45,47-51H,3-10,12,14-15,18-21,23,25-28H2,1-2H3,(H,42,46)/b13-11+,17-16+,24-22+. The summed E-state index contributed by atoms with van der Waals surface area (Å²) in [6, 6.07) is -0.930. The number of aliphatic hydroxyl groups is 8. The number of aliphatic hydroxyl groups excluding tert-OH is 8. The summed E-state index contributed by atoms with van der Waals surface area (Å²) in [6.45, 7) is 2.64. The molecule has 2 heterocycles. The first-order chi connectivity index (χ1) is 26.6. The maximum absolute atomic E-state index is 13.0. The Morgan fingerprint density at radius 2 is 1.16 bits per heavy atom. The number of ether oxygens (including phenoxy) is 4. The third-order valence-electron chi connectivity index (χ3n) is 10.1.